The van der Waals surface area contributed by atoms with Crippen molar-refractivity contribution < 1.29 is 4.39 Å². The Morgan fingerprint density at radius 2 is 2.00 bits per heavy atom. The molecule has 0 heterocycles. The monoisotopic (exact) mass is 235 g/mol. The Hall–Kier alpha value is -1.44. The van der Waals surface area contributed by atoms with Crippen LogP contribution in [0, 0.1) is 17.1 Å². The maximum absolute atomic E-state index is 12.7. The molecule has 0 saturated heterocycles. The van der Waals surface area contributed by atoms with E-state index >= 15 is 0 Å². The van der Waals surface area contributed by atoms with Gasteiger partial charge in [0.1, 0.15) is 11.9 Å². The molecule has 1 atom stereocenters. The average molecular weight is 235 g/mol. The van der Waals surface area contributed by atoms with Crippen molar-refractivity contribution in [2.75, 3.05) is 27.2 Å². The van der Waals surface area contributed by atoms with Gasteiger partial charge in [-0.3, -0.25) is 5.32 Å². The van der Waals surface area contributed by atoms with Crippen LogP contribution in [0.5, 0.6) is 0 Å². The van der Waals surface area contributed by atoms with Gasteiger partial charge >= 0.3 is 0 Å². The number of halogens is 1. The van der Waals surface area contributed by atoms with Gasteiger partial charge in [0.15, 0.2) is 0 Å². The van der Waals surface area contributed by atoms with Crippen LogP contribution < -0.4 is 5.32 Å². The van der Waals surface area contributed by atoms with E-state index in [2.05, 4.69) is 16.3 Å². The van der Waals surface area contributed by atoms with Crippen LogP contribution in [-0.4, -0.2) is 32.1 Å². The molecular weight excluding hydrogens is 217 g/mol. The summed E-state index contributed by atoms with van der Waals surface area (Å²) < 4.78 is 12.7. The molecular formula is C13H18FN3. The normalized spacial score (nSPS) is 12.4. The molecule has 1 rings (SSSR count). The van der Waals surface area contributed by atoms with Crippen LogP contribution in [0.25, 0.3) is 0 Å². The van der Waals surface area contributed by atoms with Crippen molar-refractivity contribution in [1.29, 1.82) is 5.26 Å². The van der Waals surface area contributed by atoms with E-state index in [1.54, 1.807) is 12.1 Å². The number of nitrogens with zero attached hydrogens (tertiary/aromatic N) is 2. The Kier molecular flexibility index (Phi) is 5.61. The SMILES string of the molecule is CN(C)CCCNC(C#N)c1ccc(F)cc1. The van der Waals surface area contributed by atoms with E-state index in [0.29, 0.717) is 0 Å². The van der Waals surface area contributed by atoms with Crippen molar-refractivity contribution in [3.8, 4) is 6.07 Å². The van der Waals surface area contributed by atoms with E-state index in [-0.39, 0.29) is 11.9 Å². The van der Waals surface area contributed by atoms with Crippen LogP contribution in [0.1, 0.15) is 18.0 Å². The van der Waals surface area contributed by atoms with E-state index in [0.717, 1.165) is 25.1 Å². The van der Waals surface area contributed by atoms with Gasteiger partial charge in [-0.1, -0.05) is 12.1 Å². The first-order valence-corrected chi connectivity index (χ1v) is 5.66. The maximum Gasteiger partial charge on any atom is 0.123 e. The van der Waals surface area contributed by atoms with E-state index in [1.807, 2.05) is 14.1 Å². The van der Waals surface area contributed by atoms with Gasteiger partial charge in [-0.05, 0) is 51.3 Å². The van der Waals surface area contributed by atoms with E-state index < -0.39 is 0 Å². The van der Waals surface area contributed by atoms with Gasteiger partial charge in [0.05, 0.1) is 6.07 Å². The smallest absolute Gasteiger partial charge is 0.123 e. The molecule has 0 bridgehead atoms. The number of nitriles is 1. The largest absolute Gasteiger partial charge is 0.309 e. The third kappa shape index (κ3) is 4.94. The molecule has 1 aromatic rings. The molecule has 3 nitrogen and oxygen atoms in total. The summed E-state index contributed by atoms with van der Waals surface area (Å²) in [4.78, 5) is 2.10. The zero-order chi connectivity index (χ0) is 12.7. The quantitative estimate of drug-likeness (QED) is 0.766. The fourth-order valence-electron chi connectivity index (χ4n) is 1.53. The van der Waals surface area contributed by atoms with Crippen molar-refractivity contribution >= 4 is 0 Å². The highest BCUT2D eigenvalue weighted by atomic mass is 19.1. The summed E-state index contributed by atoms with van der Waals surface area (Å²) in [6, 6.07) is 7.85. The minimum atomic E-state index is -0.363. The van der Waals surface area contributed by atoms with Crippen molar-refractivity contribution in [2.24, 2.45) is 0 Å². The van der Waals surface area contributed by atoms with Crippen LogP contribution in [0.4, 0.5) is 4.39 Å². The molecule has 17 heavy (non-hydrogen) atoms. The molecule has 0 amide bonds. The highest BCUT2D eigenvalue weighted by molar-refractivity contribution is 5.24. The molecule has 4 heteroatoms. The van der Waals surface area contributed by atoms with Crippen LogP contribution in [0.2, 0.25) is 0 Å². The fourth-order valence-corrected chi connectivity index (χ4v) is 1.53. The summed E-state index contributed by atoms with van der Waals surface area (Å²) in [5, 5.41) is 12.2. The molecule has 0 saturated carbocycles. The topological polar surface area (TPSA) is 39.1 Å². The molecule has 0 aromatic heterocycles. The van der Waals surface area contributed by atoms with Crippen molar-refractivity contribution in [1.82, 2.24) is 10.2 Å². The first kappa shape index (κ1) is 13.6. The van der Waals surface area contributed by atoms with Crippen LogP contribution in [-0.2, 0) is 0 Å². The van der Waals surface area contributed by atoms with Crippen LogP contribution >= 0.6 is 0 Å². The summed E-state index contributed by atoms with van der Waals surface area (Å²) in [5.74, 6) is -0.280. The summed E-state index contributed by atoms with van der Waals surface area (Å²) >= 11 is 0. The van der Waals surface area contributed by atoms with Gasteiger partial charge in [0.25, 0.3) is 0 Å². The molecule has 0 aliphatic carbocycles. The lowest BCUT2D eigenvalue weighted by Crippen LogP contribution is -2.24. The molecule has 0 radical (unpaired) electrons. The lowest BCUT2D eigenvalue weighted by atomic mass is 10.1. The molecule has 0 aliphatic heterocycles. The molecule has 1 unspecified atom stereocenters. The van der Waals surface area contributed by atoms with Crippen molar-refractivity contribution in [2.45, 2.75) is 12.5 Å². The Balaban J connectivity index is 2.44. The third-order valence-electron chi connectivity index (χ3n) is 2.46. The second-order valence-electron chi connectivity index (χ2n) is 4.22. The number of benzene rings is 1. The summed E-state index contributed by atoms with van der Waals surface area (Å²) in [6.45, 7) is 1.75. The number of hydrogen-bond acceptors (Lipinski definition) is 3. The summed E-state index contributed by atoms with van der Waals surface area (Å²) in [7, 11) is 4.03. The van der Waals surface area contributed by atoms with E-state index in [9.17, 15) is 4.39 Å². The minimum absolute atomic E-state index is 0.280. The van der Waals surface area contributed by atoms with Gasteiger partial charge in [-0.2, -0.15) is 5.26 Å². The molecule has 1 aromatic carbocycles. The van der Waals surface area contributed by atoms with Gasteiger partial charge in [0.2, 0.25) is 0 Å². The number of rotatable bonds is 6. The molecule has 0 fully saturated rings. The lowest BCUT2D eigenvalue weighted by Gasteiger charge is -2.13. The molecule has 0 aliphatic rings. The second kappa shape index (κ2) is 7.00. The number of nitrogens with one attached hydrogen (secondary N) is 1. The van der Waals surface area contributed by atoms with Gasteiger partial charge in [-0.15, -0.1) is 0 Å². The van der Waals surface area contributed by atoms with Gasteiger partial charge in [0, 0.05) is 0 Å². The predicted molar refractivity (Wildman–Crippen MR) is 65.9 cm³/mol. The molecule has 0 spiro atoms. The fraction of sp³-hybridized carbons (Fsp3) is 0.462. The first-order chi connectivity index (χ1) is 8.13. The zero-order valence-corrected chi connectivity index (χ0v) is 10.3. The average Bonchev–Trinajstić information content (AvgIpc) is 2.30. The molecule has 1 N–H and O–H groups in total. The highest BCUT2D eigenvalue weighted by Gasteiger charge is 2.08. The molecule has 92 valence electrons. The third-order valence-corrected chi connectivity index (χ3v) is 2.46. The van der Waals surface area contributed by atoms with Crippen molar-refractivity contribution in [3.05, 3.63) is 35.6 Å². The predicted octanol–water partition coefficient (Wildman–Crippen LogP) is 1.93. The second-order valence-corrected chi connectivity index (χ2v) is 4.22. The Bertz CT molecular complexity index is 367. The van der Waals surface area contributed by atoms with E-state index in [4.69, 9.17) is 5.26 Å². The van der Waals surface area contributed by atoms with Crippen LogP contribution in [0.3, 0.4) is 0 Å². The van der Waals surface area contributed by atoms with Crippen molar-refractivity contribution in [3.63, 3.8) is 0 Å². The Labute approximate surface area is 102 Å². The number of hydrogen-bond donors (Lipinski definition) is 1. The van der Waals surface area contributed by atoms with Gasteiger partial charge < -0.3 is 4.90 Å². The maximum atomic E-state index is 12.7. The summed E-state index contributed by atoms with van der Waals surface area (Å²) in [6.07, 6.45) is 0.979. The van der Waals surface area contributed by atoms with Gasteiger partial charge in [-0.25, -0.2) is 4.39 Å². The highest BCUT2D eigenvalue weighted by Crippen LogP contribution is 2.12. The standard InChI is InChI=1S/C13H18FN3/c1-17(2)9-3-8-16-13(10-15)11-4-6-12(14)7-5-11/h4-7,13,16H,3,8-9H2,1-2H3. The minimum Gasteiger partial charge on any atom is -0.309 e. The van der Waals surface area contributed by atoms with E-state index in [1.165, 1.54) is 12.1 Å². The van der Waals surface area contributed by atoms with Crippen LogP contribution in [0.15, 0.2) is 24.3 Å². The first-order valence-electron chi connectivity index (χ1n) is 5.66. The summed E-state index contributed by atoms with van der Waals surface area (Å²) in [5.41, 5.74) is 0.804. The Morgan fingerprint density at radius 3 is 2.53 bits per heavy atom. The Morgan fingerprint density at radius 1 is 1.35 bits per heavy atom. The zero-order valence-electron chi connectivity index (χ0n) is 10.3. The lowest BCUT2D eigenvalue weighted by molar-refractivity contribution is 0.392.